The van der Waals surface area contributed by atoms with Gasteiger partial charge in [-0.25, -0.2) is 4.84 Å². The summed E-state index contributed by atoms with van der Waals surface area (Å²) in [6.07, 6.45) is 1.37. The Morgan fingerprint density at radius 2 is 2.45 bits per heavy atom. The Labute approximate surface area is 62.6 Å². The molecular weight excluding hydrogens is 148 g/mol. The molecule has 1 aromatic heterocycles. The van der Waals surface area contributed by atoms with E-state index in [4.69, 9.17) is 5.11 Å². The van der Waals surface area contributed by atoms with Crippen molar-refractivity contribution in [3.8, 4) is 5.75 Å². The van der Waals surface area contributed by atoms with Crippen LogP contribution in [0.4, 0.5) is 5.69 Å². The fourth-order valence-electron chi connectivity index (χ4n) is 0.712. The predicted octanol–water partition coefficient (Wildman–Crippen LogP) is -1.16. The lowest BCUT2D eigenvalue weighted by Gasteiger charge is -1.96. The Morgan fingerprint density at radius 1 is 1.73 bits per heavy atom. The minimum absolute atomic E-state index is 0.0874. The highest BCUT2D eigenvalue weighted by Gasteiger charge is 2.08. The van der Waals surface area contributed by atoms with E-state index in [-0.39, 0.29) is 17.0 Å². The van der Waals surface area contributed by atoms with Gasteiger partial charge >= 0.3 is 5.56 Å². The maximum Gasteiger partial charge on any atom is 0.316 e. The normalized spacial score (nSPS) is 9.91. The highest BCUT2D eigenvalue weighted by Crippen LogP contribution is 2.09. The average molecular weight is 157 g/mol. The third kappa shape index (κ3) is 1.57. The summed E-state index contributed by atoms with van der Waals surface area (Å²) in [4.78, 5) is 17.9. The van der Waals surface area contributed by atoms with E-state index in [0.29, 0.717) is 0 Å². The fraction of sp³-hybridized carbons (Fsp3) is 0.167. The van der Waals surface area contributed by atoms with E-state index in [9.17, 15) is 4.79 Å². The molecule has 0 radical (unpaired) electrons. The van der Waals surface area contributed by atoms with Crippen LogP contribution in [0.2, 0.25) is 0 Å². The number of aromatic nitrogens is 1. The summed E-state index contributed by atoms with van der Waals surface area (Å²) in [5, 5.41) is 9.09. The van der Waals surface area contributed by atoms with Crippen LogP contribution < -0.4 is 11.0 Å². The Kier molecular flexibility index (Phi) is 2.25. The molecule has 0 unspecified atom stereocenters. The maximum atomic E-state index is 10.9. The van der Waals surface area contributed by atoms with Gasteiger partial charge in [-0.05, 0) is 0 Å². The number of nitrogens with two attached hydrogens (primary N) is 1. The molecule has 0 saturated heterocycles. The summed E-state index contributed by atoms with van der Waals surface area (Å²) in [5.41, 5.74) is 0.954. The van der Waals surface area contributed by atoms with Crippen LogP contribution in [0.3, 0.4) is 0 Å². The van der Waals surface area contributed by atoms with Crippen LogP contribution in [-0.4, -0.2) is 17.2 Å². The second-order valence-corrected chi connectivity index (χ2v) is 1.96. The largest absolute Gasteiger partial charge is 0.502 e. The molecule has 0 aromatic carbocycles. The zero-order valence-corrected chi connectivity index (χ0v) is 6.00. The van der Waals surface area contributed by atoms with Crippen molar-refractivity contribution in [1.29, 1.82) is 0 Å². The van der Waals surface area contributed by atoms with Gasteiger partial charge in [0.25, 0.3) is 5.69 Å². The summed E-state index contributed by atoms with van der Waals surface area (Å²) in [5.74, 6) is -0.0874. The summed E-state index contributed by atoms with van der Waals surface area (Å²) in [7, 11) is 1.41. The number of hydrogen-bond donors (Lipinski definition) is 3. The molecule has 1 aromatic rings. The second kappa shape index (κ2) is 3.18. The summed E-state index contributed by atoms with van der Waals surface area (Å²) in [6.45, 7) is 0. The Balaban J connectivity index is 3.10. The average Bonchev–Trinajstić information content (AvgIpc) is 1.97. The van der Waals surface area contributed by atoms with Crippen LogP contribution in [0.5, 0.6) is 5.75 Å². The van der Waals surface area contributed by atoms with E-state index >= 15 is 0 Å². The standard InChI is InChI=1S/C6H8N2O3/c1-11-8-5-4(9)2-3-7-6(5)10/h2-3,8H,1H3,(H2,7,9,10)/p+1. The predicted molar refractivity (Wildman–Crippen MR) is 37.3 cm³/mol. The SMILES string of the molecule is CO[NH2+]c1c(O)cc[nH]c1=O. The number of pyridine rings is 1. The van der Waals surface area contributed by atoms with Crippen molar-refractivity contribution in [2.24, 2.45) is 0 Å². The van der Waals surface area contributed by atoms with Crippen LogP contribution in [0, 0.1) is 0 Å². The smallest absolute Gasteiger partial charge is 0.316 e. The molecular formula is C6H9N2O3+. The monoisotopic (exact) mass is 157 g/mol. The molecule has 1 heterocycles. The van der Waals surface area contributed by atoms with Crippen molar-refractivity contribution in [3.05, 3.63) is 22.6 Å². The first kappa shape index (κ1) is 7.77. The highest BCUT2D eigenvalue weighted by molar-refractivity contribution is 5.40. The molecule has 0 fully saturated rings. The van der Waals surface area contributed by atoms with E-state index in [1.165, 1.54) is 24.9 Å². The lowest BCUT2D eigenvalue weighted by atomic mass is 10.4. The zero-order valence-electron chi connectivity index (χ0n) is 6.00. The van der Waals surface area contributed by atoms with Crippen LogP contribution in [0.25, 0.3) is 0 Å². The lowest BCUT2D eigenvalue weighted by Crippen LogP contribution is -2.78. The van der Waals surface area contributed by atoms with E-state index in [0.717, 1.165) is 0 Å². The van der Waals surface area contributed by atoms with Gasteiger partial charge in [0.15, 0.2) is 5.75 Å². The quantitative estimate of drug-likeness (QED) is 0.473. The summed E-state index contributed by atoms with van der Waals surface area (Å²) >= 11 is 0. The fourth-order valence-corrected chi connectivity index (χ4v) is 0.712. The van der Waals surface area contributed by atoms with Gasteiger partial charge in [0.2, 0.25) is 0 Å². The first-order valence-electron chi connectivity index (χ1n) is 3.02. The molecule has 1 rings (SSSR count). The van der Waals surface area contributed by atoms with E-state index < -0.39 is 0 Å². The van der Waals surface area contributed by atoms with E-state index in [1.807, 2.05) is 0 Å². The van der Waals surface area contributed by atoms with Gasteiger partial charge in [-0.3, -0.25) is 4.79 Å². The number of hydrogen-bond acceptors (Lipinski definition) is 3. The Morgan fingerprint density at radius 3 is 3.00 bits per heavy atom. The van der Waals surface area contributed by atoms with Crippen molar-refractivity contribution in [3.63, 3.8) is 0 Å². The topological polar surface area (TPSA) is 78.9 Å². The molecule has 0 amide bonds. The lowest BCUT2D eigenvalue weighted by molar-refractivity contribution is -0.831. The van der Waals surface area contributed by atoms with Crippen LogP contribution in [-0.2, 0) is 4.84 Å². The molecule has 0 bridgehead atoms. The molecule has 0 aliphatic rings. The van der Waals surface area contributed by atoms with Crippen molar-refractivity contribution in [2.75, 3.05) is 7.11 Å². The van der Waals surface area contributed by atoms with Crippen molar-refractivity contribution < 1.29 is 15.4 Å². The number of rotatable bonds is 2. The molecule has 0 saturated carbocycles. The van der Waals surface area contributed by atoms with Gasteiger partial charge in [-0.15, -0.1) is 0 Å². The van der Waals surface area contributed by atoms with Crippen molar-refractivity contribution in [2.45, 2.75) is 0 Å². The second-order valence-electron chi connectivity index (χ2n) is 1.96. The number of aromatic hydroxyl groups is 1. The van der Waals surface area contributed by atoms with Crippen LogP contribution >= 0.6 is 0 Å². The van der Waals surface area contributed by atoms with Gasteiger partial charge in [-0.1, -0.05) is 0 Å². The van der Waals surface area contributed by atoms with E-state index in [2.05, 4.69) is 9.82 Å². The minimum Gasteiger partial charge on any atom is -0.502 e. The van der Waals surface area contributed by atoms with Crippen molar-refractivity contribution in [1.82, 2.24) is 4.98 Å². The highest BCUT2D eigenvalue weighted by atomic mass is 16.6. The number of nitrogens with one attached hydrogen (secondary N) is 1. The van der Waals surface area contributed by atoms with Gasteiger partial charge in [0.05, 0.1) is 7.11 Å². The third-order valence-electron chi connectivity index (χ3n) is 1.21. The van der Waals surface area contributed by atoms with Crippen LogP contribution in [0.15, 0.2) is 17.1 Å². The third-order valence-corrected chi connectivity index (χ3v) is 1.21. The Hall–Kier alpha value is -1.33. The van der Waals surface area contributed by atoms with Gasteiger partial charge in [0, 0.05) is 12.3 Å². The van der Waals surface area contributed by atoms with Gasteiger partial charge in [0.1, 0.15) is 0 Å². The minimum atomic E-state index is -0.369. The van der Waals surface area contributed by atoms with Crippen LogP contribution in [0.1, 0.15) is 0 Å². The van der Waals surface area contributed by atoms with Gasteiger partial charge < -0.3 is 10.1 Å². The molecule has 5 heteroatoms. The molecule has 0 spiro atoms. The Bertz CT molecular complexity index is 294. The number of aromatic amines is 1. The molecule has 0 atom stereocenters. The number of quaternary nitrogens is 1. The zero-order chi connectivity index (χ0) is 8.27. The first-order valence-corrected chi connectivity index (χ1v) is 3.02. The summed E-state index contributed by atoms with van der Waals surface area (Å²) < 4.78 is 0. The number of H-pyrrole nitrogens is 1. The molecule has 0 aliphatic heterocycles. The first-order chi connectivity index (χ1) is 5.25. The molecule has 0 aliphatic carbocycles. The van der Waals surface area contributed by atoms with Crippen molar-refractivity contribution >= 4 is 5.69 Å². The van der Waals surface area contributed by atoms with E-state index in [1.54, 1.807) is 0 Å². The molecule has 4 N–H and O–H groups in total. The summed E-state index contributed by atoms with van der Waals surface area (Å²) in [6, 6.07) is 1.38. The maximum absolute atomic E-state index is 10.9. The molecule has 60 valence electrons. The van der Waals surface area contributed by atoms with Gasteiger partial charge in [-0.2, -0.15) is 5.48 Å². The molecule has 5 nitrogen and oxygen atoms in total. The molecule has 11 heavy (non-hydrogen) atoms.